The van der Waals surface area contributed by atoms with Gasteiger partial charge in [0.05, 0.1) is 6.04 Å². The van der Waals surface area contributed by atoms with E-state index in [1.54, 1.807) is 0 Å². The van der Waals surface area contributed by atoms with E-state index in [0.29, 0.717) is 6.42 Å². The van der Waals surface area contributed by atoms with Gasteiger partial charge in [-0.25, -0.2) is 0 Å². The molecule has 4 heteroatoms. The van der Waals surface area contributed by atoms with Crippen LogP contribution >= 0.6 is 0 Å². The molecule has 0 amide bonds. The van der Waals surface area contributed by atoms with Gasteiger partial charge < -0.3 is 5.11 Å². The summed E-state index contributed by atoms with van der Waals surface area (Å²) in [6, 6.07) is 7.69. The fourth-order valence-electron chi connectivity index (χ4n) is 1.45. The summed E-state index contributed by atoms with van der Waals surface area (Å²) >= 11 is 0. The quantitative estimate of drug-likeness (QED) is 0.448. The van der Waals surface area contributed by atoms with Crippen molar-refractivity contribution >= 4 is 0 Å². The van der Waals surface area contributed by atoms with Gasteiger partial charge in [-0.05, 0) is 29.5 Å². The van der Waals surface area contributed by atoms with Crippen molar-refractivity contribution in [3.05, 3.63) is 45.8 Å². The Morgan fingerprint density at radius 1 is 1.40 bits per heavy atom. The van der Waals surface area contributed by atoms with Gasteiger partial charge in [-0.2, -0.15) is 0 Å². The predicted molar refractivity (Wildman–Crippen MR) is 59.4 cm³/mol. The number of aliphatic hydroxyl groups is 1. The van der Waals surface area contributed by atoms with Crippen molar-refractivity contribution in [3.8, 4) is 0 Å². The Morgan fingerprint density at radius 3 is 2.53 bits per heavy atom. The van der Waals surface area contributed by atoms with Gasteiger partial charge in [0.2, 0.25) is 0 Å². The lowest BCUT2D eigenvalue weighted by molar-refractivity contribution is 0.276. The highest BCUT2D eigenvalue weighted by Crippen LogP contribution is 2.21. The number of rotatable bonds is 5. The van der Waals surface area contributed by atoms with Crippen LogP contribution in [-0.2, 0) is 6.42 Å². The first-order chi connectivity index (χ1) is 7.31. The minimum absolute atomic E-state index is 0.0270. The summed E-state index contributed by atoms with van der Waals surface area (Å²) in [5, 5.41) is 12.5. The second-order valence-corrected chi connectivity index (χ2v) is 3.33. The molecule has 0 bridgehead atoms. The van der Waals surface area contributed by atoms with Crippen molar-refractivity contribution in [2.75, 3.05) is 6.61 Å². The molecule has 80 valence electrons. The fourth-order valence-corrected chi connectivity index (χ4v) is 1.45. The van der Waals surface area contributed by atoms with Gasteiger partial charge in [0.25, 0.3) is 0 Å². The molecule has 1 rings (SSSR count). The number of aryl methyl sites for hydroxylation is 1. The molecule has 0 aliphatic rings. The molecule has 0 aliphatic carbocycles. The summed E-state index contributed by atoms with van der Waals surface area (Å²) in [5.74, 6) is 0. The van der Waals surface area contributed by atoms with Crippen molar-refractivity contribution in [3.63, 3.8) is 0 Å². The zero-order chi connectivity index (χ0) is 11.1. The number of benzene rings is 1. The van der Waals surface area contributed by atoms with Crippen LogP contribution in [0.5, 0.6) is 0 Å². The SMILES string of the molecule is CCc1ccc(C(CCO)N=[N+]=[N-])cc1. The molecule has 0 radical (unpaired) electrons. The molecule has 1 aromatic rings. The molecule has 4 nitrogen and oxygen atoms in total. The van der Waals surface area contributed by atoms with E-state index in [2.05, 4.69) is 16.9 Å². The standard InChI is InChI=1S/C11H15N3O/c1-2-9-3-5-10(6-4-9)11(7-8-15)13-14-12/h3-6,11,15H,2,7-8H2,1H3. The Bertz CT molecular complexity index is 341. The summed E-state index contributed by atoms with van der Waals surface area (Å²) in [6.45, 7) is 2.12. The topological polar surface area (TPSA) is 69.0 Å². The van der Waals surface area contributed by atoms with Gasteiger partial charge in [-0.15, -0.1) is 0 Å². The molecule has 15 heavy (non-hydrogen) atoms. The first-order valence-corrected chi connectivity index (χ1v) is 5.05. The normalized spacial score (nSPS) is 11.9. The molecule has 0 aliphatic heterocycles. The smallest absolute Gasteiger partial charge is 0.0647 e. The summed E-state index contributed by atoms with van der Waals surface area (Å²) in [4.78, 5) is 2.79. The number of azide groups is 1. The van der Waals surface area contributed by atoms with Crippen LogP contribution in [0.4, 0.5) is 0 Å². The summed E-state index contributed by atoms with van der Waals surface area (Å²) in [5.41, 5.74) is 10.6. The highest BCUT2D eigenvalue weighted by atomic mass is 16.3. The summed E-state index contributed by atoms with van der Waals surface area (Å²) in [7, 11) is 0. The van der Waals surface area contributed by atoms with Crippen molar-refractivity contribution in [2.24, 2.45) is 5.11 Å². The minimum atomic E-state index is -0.258. The van der Waals surface area contributed by atoms with Gasteiger partial charge >= 0.3 is 0 Å². The molecule has 0 saturated carbocycles. The highest BCUT2D eigenvalue weighted by Gasteiger charge is 2.07. The Hall–Kier alpha value is -1.51. The van der Waals surface area contributed by atoms with Crippen LogP contribution in [0.2, 0.25) is 0 Å². The third-order valence-electron chi connectivity index (χ3n) is 2.37. The van der Waals surface area contributed by atoms with Gasteiger partial charge in [0.1, 0.15) is 0 Å². The van der Waals surface area contributed by atoms with Crippen LogP contribution in [0.1, 0.15) is 30.5 Å². The van der Waals surface area contributed by atoms with E-state index in [1.165, 1.54) is 5.56 Å². The highest BCUT2D eigenvalue weighted by molar-refractivity contribution is 5.25. The number of aliphatic hydroxyl groups excluding tert-OH is 1. The average Bonchev–Trinajstić information content (AvgIpc) is 2.29. The van der Waals surface area contributed by atoms with Crippen molar-refractivity contribution in [1.82, 2.24) is 0 Å². The number of nitrogens with zero attached hydrogens (tertiary/aromatic N) is 3. The molecule has 1 N–H and O–H groups in total. The van der Waals surface area contributed by atoms with E-state index < -0.39 is 0 Å². The van der Waals surface area contributed by atoms with Crippen LogP contribution < -0.4 is 0 Å². The lowest BCUT2D eigenvalue weighted by atomic mass is 10.0. The predicted octanol–water partition coefficient (Wildman–Crippen LogP) is 2.98. The van der Waals surface area contributed by atoms with Gasteiger partial charge in [-0.3, -0.25) is 0 Å². The average molecular weight is 205 g/mol. The summed E-state index contributed by atoms with van der Waals surface area (Å²) < 4.78 is 0. The first-order valence-electron chi connectivity index (χ1n) is 5.05. The largest absolute Gasteiger partial charge is 0.396 e. The second-order valence-electron chi connectivity index (χ2n) is 3.33. The molecular formula is C11H15N3O. The van der Waals surface area contributed by atoms with E-state index in [4.69, 9.17) is 10.6 Å². The minimum Gasteiger partial charge on any atom is -0.396 e. The van der Waals surface area contributed by atoms with Crippen molar-refractivity contribution in [1.29, 1.82) is 0 Å². The monoisotopic (exact) mass is 205 g/mol. The van der Waals surface area contributed by atoms with E-state index in [0.717, 1.165) is 12.0 Å². The maximum atomic E-state index is 8.84. The molecule has 1 unspecified atom stereocenters. The third-order valence-corrected chi connectivity index (χ3v) is 2.37. The van der Waals surface area contributed by atoms with Crippen molar-refractivity contribution < 1.29 is 5.11 Å². The maximum Gasteiger partial charge on any atom is 0.0647 e. The second kappa shape index (κ2) is 6.06. The van der Waals surface area contributed by atoms with Gasteiger partial charge in [-0.1, -0.05) is 36.3 Å². The van der Waals surface area contributed by atoms with Crippen LogP contribution in [0.3, 0.4) is 0 Å². The summed E-state index contributed by atoms with van der Waals surface area (Å²) in [6.07, 6.45) is 1.46. The Morgan fingerprint density at radius 2 is 2.07 bits per heavy atom. The Balaban J connectivity index is 2.85. The molecule has 1 atom stereocenters. The lowest BCUT2D eigenvalue weighted by Gasteiger charge is -2.10. The molecule has 0 aromatic heterocycles. The third kappa shape index (κ3) is 3.27. The Labute approximate surface area is 89.2 Å². The van der Waals surface area contributed by atoms with E-state index in [1.807, 2.05) is 24.3 Å². The van der Waals surface area contributed by atoms with Crippen LogP contribution in [0.15, 0.2) is 29.4 Å². The Kier molecular flexibility index (Phi) is 4.68. The maximum absolute atomic E-state index is 8.84. The number of hydrogen-bond donors (Lipinski definition) is 1. The molecule has 0 heterocycles. The zero-order valence-electron chi connectivity index (χ0n) is 8.80. The van der Waals surface area contributed by atoms with Crippen LogP contribution in [0.25, 0.3) is 10.4 Å². The fraction of sp³-hybridized carbons (Fsp3) is 0.455. The molecule has 0 saturated heterocycles. The lowest BCUT2D eigenvalue weighted by Crippen LogP contribution is -1.98. The van der Waals surface area contributed by atoms with Gasteiger partial charge in [0, 0.05) is 11.5 Å². The van der Waals surface area contributed by atoms with Crippen LogP contribution in [0, 0.1) is 0 Å². The van der Waals surface area contributed by atoms with E-state index >= 15 is 0 Å². The molecule has 1 aromatic carbocycles. The van der Waals surface area contributed by atoms with E-state index in [9.17, 15) is 0 Å². The number of hydrogen-bond acceptors (Lipinski definition) is 2. The van der Waals surface area contributed by atoms with Crippen molar-refractivity contribution in [2.45, 2.75) is 25.8 Å². The zero-order valence-corrected chi connectivity index (χ0v) is 8.80. The van der Waals surface area contributed by atoms with E-state index in [-0.39, 0.29) is 12.6 Å². The molecular weight excluding hydrogens is 190 g/mol. The first kappa shape index (κ1) is 11.6. The van der Waals surface area contributed by atoms with Crippen LogP contribution in [-0.4, -0.2) is 11.7 Å². The molecule has 0 fully saturated rings. The molecule has 0 spiro atoms. The van der Waals surface area contributed by atoms with Gasteiger partial charge in [0.15, 0.2) is 0 Å².